The molecule has 0 bridgehead atoms. The van der Waals surface area contributed by atoms with E-state index in [1.165, 1.54) is 5.56 Å². The highest BCUT2D eigenvalue weighted by atomic mass is 16.1. The fraction of sp³-hybridized carbons (Fsp3) is 0.200. The summed E-state index contributed by atoms with van der Waals surface area (Å²) in [6.07, 6.45) is 4.72. The Morgan fingerprint density at radius 1 is 1.17 bits per heavy atom. The van der Waals surface area contributed by atoms with Crippen molar-refractivity contribution in [2.75, 3.05) is 5.32 Å². The Hall–Kier alpha value is -2.16. The molecule has 92 valence electrons. The first-order valence-electron chi connectivity index (χ1n) is 6.05. The van der Waals surface area contributed by atoms with Crippen LogP contribution in [0.3, 0.4) is 0 Å². The van der Waals surface area contributed by atoms with E-state index in [4.69, 9.17) is 0 Å². The van der Waals surface area contributed by atoms with Crippen molar-refractivity contribution < 1.29 is 4.79 Å². The van der Waals surface area contributed by atoms with Crippen molar-refractivity contribution in [1.82, 2.24) is 4.98 Å². The van der Waals surface area contributed by atoms with E-state index in [1.807, 2.05) is 18.2 Å². The molecule has 3 nitrogen and oxygen atoms in total. The summed E-state index contributed by atoms with van der Waals surface area (Å²) in [5, 5.41) is 2.82. The minimum atomic E-state index is -0.0211. The van der Waals surface area contributed by atoms with E-state index in [2.05, 4.69) is 29.4 Å². The minimum Gasteiger partial charge on any atom is -0.324 e. The molecule has 2 aromatic rings. The fourth-order valence-electron chi connectivity index (χ4n) is 1.72. The van der Waals surface area contributed by atoms with Crippen LogP contribution in [0.25, 0.3) is 0 Å². The third-order valence-electron chi connectivity index (χ3n) is 2.74. The number of benzene rings is 1. The monoisotopic (exact) mass is 240 g/mol. The minimum absolute atomic E-state index is 0.0211. The van der Waals surface area contributed by atoms with Crippen molar-refractivity contribution in [3.63, 3.8) is 0 Å². The highest BCUT2D eigenvalue weighted by Crippen LogP contribution is 2.08. The number of aryl methyl sites for hydroxylation is 1. The molecule has 1 N–H and O–H groups in total. The molecule has 3 heteroatoms. The summed E-state index contributed by atoms with van der Waals surface area (Å²) in [5.41, 5.74) is 3.03. The summed E-state index contributed by atoms with van der Waals surface area (Å²) in [6.45, 7) is 2.12. The van der Waals surface area contributed by atoms with E-state index in [0.717, 1.165) is 17.7 Å². The van der Waals surface area contributed by atoms with Crippen LogP contribution in [0.2, 0.25) is 0 Å². The third-order valence-corrected chi connectivity index (χ3v) is 2.74. The van der Waals surface area contributed by atoms with Gasteiger partial charge in [-0.15, -0.1) is 0 Å². The van der Waals surface area contributed by atoms with Gasteiger partial charge in [0.1, 0.15) is 0 Å². The fourth-order valence-corrected chi connectivity index (χ4v) is 1.72. The molecular formula is C15H16N2O. The Morgan fingerprint density at radius 3 is 2.50 bits per heavy atom. The number of anilines is 1. The van der Waals surface area contributed by atoms with Gasteiger partial charge in [0, 0.05) is 6.20 Å². The molecule has 0 aliphatic heterocycles. The number of aromatic nitrogens is 1. The second-order valence-corrected chi connectivity index (χ2v) is 4.14. The Balaban J connectivity index is 1.94. The predicted molar refractivity (Wildman–Crippen MR) is 72.4 cm³/mol. The second-order valence-electron chi connectivity index (χ2n) is 4.14. The highest BCUT2D eigenvalue weighted by molar-refractivity contribution is 5.92. The van der Waals surface area contributed by atoms with E-state index in [9.17, 15) is 4.79 Å². The maximum atomic E-state index is 11.8. The zero-order valence-electron chi connectivity index (χ0n) is 10.4. The molecule has 2 rings (SSSR count). The molecular weight excluding hydrogens is 224 g/mol. The molecule has 1 aromatic carbocycles. The molecule has 0 fully saturated rings. The molecule has 1 heterocycles. The van der Waals surface area contributed by atoms with Crippen LogP contribution in [0.4, 0.5) is 5.69 Å². The summed E-state index contributed by atoms with van der Waals surface area (Å²) in [7, 11) is 0. The Morgan fingerprint density at radius 2 is 1.89 bits per heavy atom. The number of rotatable bonds is 4. The van der Waals surface area contributed by atoms with Crippen LogP contribution >= 0.6 is 0 Å². The van der Waals surface area contributed by atoms with E-state index < -0.39 is 0 Å². The average molecular weight is 240 g/mol. The highest BCUT2D eigenvalue weighted by Gasteiger charge is 2.03. The van der Waals surface area contributed by atoms with Gasteiger partial charge in [-0.3, -0.25) is 9.78 Å². The van der Waals surface area contributed by atoms with Gasteiger partial charge >= 0.3 is 0 Å². The van der Waals surface area contributed by atoms with E-state index in [-0.39, 0.29) is 5.91 Å². The van der Waals surface area contributed by atoms with Gasteiger partial charge in [0.05, 0.1) is 18.3 Å². The SMILES string of the molecule is CCc1ccc(CC(=O)Nc2cccnc2)cc1. The summed E-state index contributed by atoms with van der Waals surface area (Å²) in [4.78, 5) is 15.8. The molecule has 0 saturated carbocycles. The molecule has 0 spiro atoms. The normalized spacial score (nSPS) is 10.1. The van der Waals surface area contributed by atoms with Crippen LogP contribution in [0.15, 0.2) is 48.8 Å². The molecule has 18 heavy (non-hydrogen) atoms. The molecule has 0 aliphatic carbocycles. The van der Waals surface area contributed by atoms with Gasteiger partial charge in [0.2, 0.25) is 5.91 Å². The summed E-state index contributed by atoms with van der Waals surface area (Å²) < 4.78 is 0. The van der Waals surface area contributed by atoms with Gasteiger partial charge in [-0.25, -0.2) is 0 Å². The first-order valence-corrected chi connectivity index (χ1v) is 6.05. The molecule has 0 unspecified atom stereocenters. The number of nitrogens with zero attached hydrogens (tertiary/aromatic N) is 1. The van der Waals surface area contributed by atoms with Crippen molar-refractivity contribution in [3.8, 4) is 0 Å². The number of carbonyl (C=O) groups excluding carboxylic acids is 1. The lowest BCUT2D eigenvalue weighted by molar-refractivity contribution is -0.115. The van der Waals surface area contributed by atoms with Crippen LogP contribution in [-0.2, 0) is 17.6 Å². The Bertz CT molecular complexity index is 506. The quantitative estimate of drug-likeness (QED) is 0.892. The molecule has 1 aromatic heterocycles. The number of pyridine rings is 1. The summed E-state index contributed by atoms with van der Waals surface area (Å²) >= 11 is 0. The average Bonchev–Trinajstić information content (AvgIpc) is 2.40. The second kappa shape index (κ2) is 5.96. The van der Waals surface area contributed by atoms with E-state index in [0.29, 0.717) is 6.42 Å². The smallest absolute Gasteiger partial charge is 0.228 e. The third kappa shape index (κ3) is 3.42. The maximum absolute atomic E-state index is 11.8. The van der Waals surface area contributed by atoms with Crippen molar-refractivity contribution >= 4 is 11.6 Å². The van der Waals surface area contributed by atoms with Crippen molar-refractivity contribution in [2.24, 2.45) is 0 Å². The van der Waals surface area contributed by atoms with Gasteiger partial charge in [-0.2, -0.15) is 0 Å². The summed E-state index contributed by atoms with van der Waals surface area (Å²) in [5.74, 6) is -0.0211. The standard InChI is InChI=1S/C15H16N2O/c1-2-12-5-7-13(8-6-12)10-15(18)17-14-4-3-9-16-11-14/h3-9,11H,2,10H2,1H3,(H,17,18). The van der Waals surface area contributed by atoms with E-state index >= 15 is 0 Å². The lowest BCUT2D eigenvalue weighted by Gasteiger charge is -2.05. The molecule has 0 radical (unpaired) electrons. The number of hydrogen-bond donors (Lipinski definition) is 1. The first kappa shape index (κ1) is 12.3. The number of amides is 1. The number of nitrogens with one attached hydrogen (secondary N) is 1. The first-order chi connectivity index (χ1) is 8.78. The van der Waals surface area contributed by atoms with Crippen molar-refractivity contribution in [2.45, 2.75) is 19.8 Å². The lowest BCUT2D eigenvalue weighted by atomic mass is 10.1. The number of hydrogen-bond acceptors (Lipinski definition) is 2. The van der Waals surface area contributed by atoms with Gasteiger partial charge in [-0.1, -0.05) is 31.2 Å². The van der Waals surface area contributed by atoms with Crippen LogP contribution in [0.5, 0.6) is 0 Å². The van der Waals surface area contributed by atoms with Crippen LogP contribution in [0, 0.1) is 0 Å². The van der Waals surface area contributed by atoms with Crippen molar-refractivity contribution in [1.29, 1.82) is 0 Å². The molecule has 1 amide bonds. The number of carbonyl (C=O) groups is 1. The maximum Gasteiger partial charge on any atom is 0.228 e. The molecule has 0 atom stereocenters. The summed E-state index contributed by atoms with van der Waals surface area (Å²) in [6, 6.07) is 11.7. The van der Waals surface area contributed by atoms with Crippen LogP contribution < -0.4 is 5.32 Å². The predicted octanol–water partition coefficient (Wildman–Crippen LogP) is 2.83. The topological polar surface area (TPSA) is 42.0 Å². The lowest BCUT2D eigenvalue weighted by Crippen LogP contribution is -2.14. The van der Waals surface area contributed by atoms with Gasteiger partial charge in [0.15, 0.2) is 0 Å². The van der Waals surface area contributed by atoms with Gasteiger partial charge < -0.3 is 5.32 Å². The molecule has 0 aliphatic rings. The Labute approximate surface area is 107 Å². The van der Waals surface area contributed by atoms with Crippen LogP contribution in [-0.4, -0.2) is 10.9 Å². The van der Waals surface area contributed by atoms with Crippen LogP contribution in [0.1, 0.15) is 18.1 Å². The van der Waals surface area contributed by atoms with Gasteiger partial charge in [0.25, 0.3) is 0 Å². The zero-order valence-corrected chi connectivity index (χ0v) is 10.4. The van der Waals surface area contributed by atoms with Gasteiger partial charge in [-0.05, 0) is 29.7 Å². The van der Waals surface area contributed by atoms with E-state index in [1.54, 1.807) is 18.5 Å². The zero-order chi connectivity index (χ0) is 12.8. The van der Waals surface area contributed by atoms with Crippen molar-refractivity contribution in [3.05, 3.63) is 59.9 Å². The Kier molecular flexibility index (Phi) is 4.07. The molecule has 0 saturated heterocycles. The largest absolute Gasteiger partial charge is 0.324 e.